The van der Waals surface area contributed by atoms with E-state index in [-0.39, 0.29) is 23.9 Å². The molecule has 4 aromatic heterocycles. The molecule has 3 aliphatic rings. The Morgan fingerprint density at radius 1 is 0.930 bits per heavy atom. The van der Waals surface area contributed by atoms with Gasteiger partial charge in [-0.05, 0) is 50.5 Å². The fourth-order valence-electron chi connectivity index (χ4n) is 7.21. The lowest BCUT2D eigenvalue weighted by molar-refractivity contribution is 0.0551. The zero-order valence-electron chi connectivity index (χ0n) is 24.2. The number of nitrogen functional groups attached to an aromatic ring is 1. The molecule has 1 unspecified atom stereocenters. The summed E-state index contributed by atoms with van der Waals surface area (Å²) in [6.45, 7) is 0. The Hall–Kier alpha value is -4.80. The summed E-state index contributed by atoms with van der Waals surface area (Å²) in [6.07, 6.45) is 9.58. The van der Waals surface area contributed by atoms with Crippen molar-refractivity contribution in [2.75, 3.05) is 12.8 Å². The van der Waals surface area contributed by atoms with Crippen LogP contribution in [0.4, 0.5) is 5.82 Å². The number of fused-ring (bicyclic) bond motifs is 3. The monoisotopic (exact) mass is 575 g/mol. The van der Waals surface area contributed by atoms with Crippen LogP contribution in [0.25, 0.3) is 28.0 Å². The Balaban J connectivity index is 1.14. The molecule has 2 N–H and O–H groups in total. The lowest BCUT2D eigenvalue weighted by Crippen LogP contribution is -2.47. The number of methoxy groups -OCH3 is 1. The topological polar surface area (TPSA) is 129 Å². The Morgan fingerprint density at radius 3 is 2.35 bits per heavy atom. The van der Waals surface area contributed by atoms with Crippen LogP contribution >= 0.6 is 0 Å². The molecule has 3 atom stereocenters. The van der Waals surface area contributed by atoms with Gasteiger partial charge < -0.3 is 15.4 Å². The average molecular weight is 576 g/mol. The van der Waals surface area contributed by atoms with Crippen molar-refractivity contribution in [1.29, 1.82) is 0 Å². The summed E-state index contributed by atoms with van der Waals surface area (Å²) in [5, 5.41) is 12.8. The highest BCUT2D eigenvalue weighted by Gasteiger charge is 2.47. The van der Waals surface area contributed by atoms with Gasteiger partial charge in [0.15, 0.2) is 5.65 Å². The second kappa shape index (κ2) is 9.89. The molecule has 1 saturated carbocycles. The van der Waals surface area contributed by atoms with Gasteiger partial charge in [0.25, 0.3) is 5.91 Å². The van der Waals surface area contributed by atoms with Crippen LogP contribution in [0.3, 0.4) is 0 Å². The van der Waals surface area contributed by atoms with E-state index in [9.17, 15) is 4.79 Å². The molecule has 6 heterocycles. The van der Waals surface area contributed by atoms with Gasteiger partial charge in [0.05, 0.1) is 24.7 Å². The van der Waals surface area contributed by atoms with E-state index in [1.165, 1.54) is 7.11 Å². The van der Waals surface area contributed by atoms with Gasteiger partial charge in [0, 0.05) is 53.5 Å². The van der Waals surface area contributed by atoms with Gasteiger partial charge in [-0.2, -0.15) is 9.61 Å². The number of ether oxygens (including phenoxy) is 1. The normalized spacial score (nSPS) is 21.4. The Bertz CT molecular complexity index is 1830. The van der Waals surface area contributed by atoms with Crippen LogP contribution in [0.1, 0.15) is 72.2 Å². The quantitative estimate of drug-likeness (QED) is 0.311. The van der Waals surface area contributed by atoms with Crippen molar-refractivity contribution in [2.24, 2.45) is 7.05 Å². The average Bonchev–Trinajstić information content (AvgIpc) is 3.58. The molecule has 5 aromatic rings. The largest absolute Gasteiger partial charge is 0.467 e. The molecular formula is C32H33N9O2. The molecule has 8 rings (SSSR count). The van der Waals surface area contributed by atoms with E-state index in [2.05, 4.69) is 33.5 Å². The predicted molar refractivity (Wildman–Crippen MR) is 161 cm³/mol. The van der Waals surface area contributed by atoms with E-state index in [0.717, 1.165) is 77.8 Å². The van der Waals surface area contributed by atoms with E-state index >= 15 is 0 Å². The number of nitrogens with zero attached hydrogens (tertiary/aromatic N) is 8. The minimum Gasteiger partial charge on any atom is -0.467 e. The van der Waals surface area contributed by atoms with Crippen molar-refractivity contribution in [3.05, 3.63) is 71.9 Å². The number of nitrogens with two attached hydrogens (primary N) is 1. The molecule has 218 valence electrons. The maximum Gasteiger partial charge on any atom is 0.316 e. The van der Waals surface area contributed by atoms with Gasteiger partial charge in [0.2, 0.25) is 5.82 Å². The highest BCUT2D eigenvalue weighted by atomic mass is 16.5. The van der Waals surface area contributed by atoms with Crippen LogP contribution in [0.2, 0.25) is 0 Å². The Labute approximate surface area is 248 Å². The molecule has 2 saturated heterocycles. The first-order chi connectivity index (χ1) is 21.0. The lowest BCUT2D eigenvalue weighted by Gasteiger charge is -2.39. The van der Waals surface area contributed by atoms with Crippen molar-refractivity contribution in [3.8, 4) is 28.4 Å². The molecule has 1 amide bonds. The lowest BCUT2D eigenvalue weighted by atomic mass is 9.85. The van der Waals surface area contributed by atoms with Gasteiger partial charge >= 0.3 is 6.01 Å². The zero-order chi connectivity index (χ0) is 29.2. The number of aromatic nitrogens is 7. The second-order valence-electron chi connectivity index (χ2n) is 12.0. The number of carbonyl (C=O) groups excluding carboxylic acids is 1. The molecule has 0 spiro atoms. The van der Waals surface area contributed by atoms with Gasteiger partial charge in [-0.15, -0.1) is 5.10 Å². The summed E-state index contributed by atoms with van der Waals surface area (Å²) < 4.78 is 8.66. The summed E-state index contributed by atoms with van der Waals surface area (Å²) in [5.74, 6) is 1.53. The highest BCUT2D eigenvalue weighted by Crippen LogP contribution is 2.50. The first-order valence-corrected chi connectivity index (χ1v) is 15.0. The summed E-state index contributed by atoms with van der Waals surface area (Å²) in [5.41, 5.74) is 13.7. The van der Waals surface area contributed by atoms with Crippen molar-refractivity contribution >= 4 is 17.4 Å². The van der Waals surface area contributed by atoms with E-state index in [1.54, 1.807) is 16.1 Å². The molecule has 3 fully saturated rings. The summed E-state index contributed by atoms with van der Waals surface area (Å²) in [7, 11) is 3.29. The number of pyridine rings is 1. The number of piperidine rings is 1. The summed E-state index contributed by atoms with van der Waals surface area (Å²) in [4.78, 5) is 25.8. The minimum atomic E-state index is -0.0842. The van der Waals surface area contributed by atoms with Crippen molar-refractivity contribution in [3.63, 3.8) is 0 Å². The number of amides is 1. The standard InChI is InChI=1S/C32H33N9O2/c1-39-30(37-38-32(39)43-2)31(42)40-22-11-12-23(40)15-21(14-22)27-26(19-8-9-19)28(33)41-29(36-27)24(17-35-41)20-10-13-25(34-16-20)18-6-4-3-5-7-18/h3-7,10,13,16-17,19,21-23H,8-9,11-12,14-15,33H2,1-2H3/t21?,22-,23+. The SMILES string of the molecule is COc1nnc(C(=O)N2[C@@H]3CC[C@H]2CC(c2nc4c(-c5ccc(-c6ccccc6)nc5)cnn4c(N)c2C2CC2)C3)n1C. The van der Waals surface area contributed by atoms with Gasteiger partial charge in [-0.25, -0.2) is 4.98 Å². The smallest absolute Gasteiger partial charge is 0.316 e. The van der Waals surface area contributed by atoms with Gasteiger partial charge in [-0.3, -0.25) is 14.3 Å². The maximum absolute atomic E-state index is 13.6. The number of benzene rings is 1. The fraction of sp³-hybridized carbons (Fsp3) is 0.375. The Morgan fingerprint density at radius 2 is 1.70 bits per heavy atom. The highest BCUT2D eigenvalue weighted by molar-refractivity contribution is 5.91. The van der Waals surface area contributed by atoms with Gasteiger partial charge in [-0.1, -0.05) is 41.5 Å². The molecule has 1 aromatic carbocycles. The molecule has 2 bridgehead atoms. The van der Waals surface area contributed by atoms with E-state index in [4.69, 9.17) is 20.4 Å². The van der Waals surface area contributed by atoms with Gasteiger partial charge in [0.1, 0.15) is 5.82 Å². The molecular weight excluding hydrogens is 542 g/mol. The third-order valence-corrected chi connectivity index (χ3v) is 9.44. The number of rotatable bonds is 6. The van der Waals surface area contributed by atoms with Crippen molar-refractivity contribution in [1.82, 2.24) is 39.2 Å². The second-order valence-corrected chi connectivity index (χ2v) is 12.0. The number of hydrogen-bond acceptors (Lipinski definition) is 8. The summed E-state index contributed by atoms with van der Waals surface area (Å²) >= 11 is 0. The number of hydrogen-bond donors (Lipinski definition) is 1. The third kappa shape index (κ3) is 4.16. The molecule has 0 radical (unpaired) electrons. The third-order valence-electron chi connectivity index (χ3n) is 9.44. The van der Waals surface area contributed by atoms with E-state index in [1.807, 2.05) is 41.6 Å². The van der Waals surface area contributed by atoms with Crippen molar-refractivity contribution < 1.29 is 9.53 Å². The van der Waals surface area contributed by atoms with Crippen LogP contribution < -0.4 is 10.5 Å². The number of carbonyl (C=O) groups is 1. The summed E-state index contributed by atoms with van der Waals surface area (Å²) in [6, 6.07) is 14.8. The van der Waals surface area contributed by atoms with E-state index in [0.29, 0.717) is 23.6 Å². The van der Waals surface area contributed by atoms with E-state index < -0.39 is 0 Å². The molecule has 11 heteroatoms. The molecule has 2 aliphatic heterocycles. The zero-order valence-corrected chi connectivity index (χ0v) is 24.2. The van der Waals surface area contributed by atoms with Crippen LogP contribution in [-0.2, 0) is 7.05 Å². The minimum absolute atomic E-state index is 0.0842. The van der Waals surface area contributed by atoms with Crippen LogP contribution in [0.15, 0.2) is 54.9 Å². The van der Waals surface area contributed by atoms with Crippen LogP contribution in [0.5, 0.6) is 6.01 Å². The molecule has 1 aliphatic carbocycles. The van der Waals surface area contributed by atoms with Crippen LogP contribution in [-0.4, -0.2) is 64.3 Å². The molecule has 11 nitrogen and oxygen atoms in total. The first kappa shape index (κ1) is 25.9. The maximum atomic E-state index is 13.6. The fourth-order valence-corrected chi connectivity index (χ4v) is 7.21. The first-order valence-electron chi connectivity index (χ1n) is 15.0. The molecule has 43 heavy (non-hydrogen) atoms. The van der Waals surface area contributed by atoms with Crippen LogP contribution in [0, 0.1) is 0 Å². The predicted octanol–water partition coefficient (Wildman–Crippen LogP) is 4.61. The Kier molecular flexibility index (Phi) is 5.95. The number of anilines is 1. The van der Waals surface area contributed by atoms with Crippen molar-refractivity contribution in [2.45, 2.75) is 62.4 Å².